The van der Waals surface area contributed by atoms with Gasteiger partial charge in [0.1, 0.15) is 24.0 Å². The first-order valence-corrected chi connectivity index (χ1v) is 10.8. The molecule has 6 heteroatoms. The second-order valence-electron chi connectivity index (χ2n) is 7.77. The number of hydrogen-bond donors (Lipinski definition) is 1. The van der Waals surface area contributed by atoms with Crippen LogP contribution in [0.15, 0.2) is 66.2 Å². The van der Waals surface area contributed by atoms with Gasteiger partial charge in [-0.25, -0.2) is 0 Å². The maximum absolute atomic E-state index is 12.7. The summed E-state index contributed by atoms with van der Waals surface area (Å²) in [5.41, 5.74) is 1.94. The van der Waals surface area contributed by atoms with Crippen molar-refractivity contribution in [2.24, 2.45) is 0 Å². The molecular formula is C27H23N3O3. The molecule has 3 aromatic carbocycles. The van der Waals surface area contributed by atoms with E-state index >= 15 is 0 Å². The molecule has 33 heavy (non-hydrogen) atoms. The summed E-state index contributed by atoms with van der Waals surface area (Å²) in [5, 5.41) is 23.7. The second kappa shape index (κ2) is 10.5. The zero-order chi connectivity index (χ0) is 23.0. The highest BCUT2D eigenvalue weighted by Gasteiger charge is 2.18. The smallest absolute Gasteiger partial charge is 0.262 e. The van der Waals surface area contributed by atoms with Gasteiger partial charge in [0.05, 0.1) is 17.7 Å². The Morgan fingerprint density at radius 1 is 1.12 bits per heavy atom. The SMILES string of the molecule is N#C/C(=C\c1c(OCc2ccccc2C#N)ccc2ccccc12)C(=O)NC[C@H]1CCCO1. The molecule has 1 atom stereocenters. The van der Waals surface area contributed by atoms with Gasteiger partial charge in [0, 0.05) is 24.3 Å². The first kappa shape index (κ1) is 22.1. The number of nitrogens with one attached hydrogen (secondary N) is 1. The van der Waals surface area contributed by atoms with E-state index in [4.69, 9.17) is 9.47 Å². The zero-order valence-corrected chi connectivity index (χ0v) is 18.1. The predicted octanol–water partition coefficient (Wildman–Crippen LogP) is 4.49. The van der Waals surface area contributed by atoms with Gasteiger partial charge in [-0.3, -0.25) is 4.79 Å². The van der Waals surface area contributed by atoms with Crippen LogP contribution in [-0.2, 0) is 16.1 Å². The van der Waals surface area contributed by atoms with E-state index in [9.17, 15) is 15.3 Å². The van der Waals surface area contributed by atoms with Crippen molar-refractivity contribution < 1.29 is 14.3 Å². The van der Waals surface area contributed by atoms with Crippen molar-refractivity contribution in [1.82, 2.24) is 5.32 Å². The van der Waals surface area contributed by atoms with Gasteiger partial charge in [-0.05, 0) is 41.8 Å². The fraction of sp³-hybridized carbons (Fsp3) is 0.222. The van der Waals surface area contributed by atoms with E-state index < -0.39 is 5.91 Å². The zero-order valence-electron chi connectivity index (χ0n) is 18.1. The van der Waals surface area contributed by atoms with Gasteiger partial charge in [0.15, 0.2) is 0 Å². The van der Waals surface area contributed by atoms with Crippen molar-refractivity contribution in [2.45, 2.75) is 25.6 Å². The normalized spacial score (nSPS) is 15.6. The maximum atomic E-state index is 12.7. The van der Waals surface area contributed by atoms with Crippen LogP contribution in [0, 0.1) is 22.7 Å². The minimum absolute atomic E-state index is 0.00775. The molecule has 0 aromatic heterocycles. The van der Waals surface area contributed by atoms with Crippen LogP contribution < -0.4 is 10.1 Å². The Morgan fingerprint density at radius 3 is 2.73 bits per heavy atom. The Morgan fingerprint density at radius 2 is 1.94 bits per heavy atom. The van der Waals surface area contributed by atoms with Crippen LogP contribution in [0.1, 0.15) is 29.5 Å². The van der Waals surface area contributed by atoms with Crippen molar-refractivity contribution in [1.29, 1.82) is 10.5 Å². The summed E-state index contributed by atoms with van der Waals surface area (Å²) < 4.78 is 11.6. The average Bonchev–Trinajstić information content (AvgIpc) is 3.38. The van der Waals surface area contributed by atoms with Crippen LogP contribution in [0.3, 0.4) is 0 Å². The number of nitriles is 2. The van der Waals surface area contributed by atoms with E-state index in [1.165, 1.54) is 0 Å². The number of benzene rings is 3. The quantitative estimate of drug-likeness (QED) is 0.434. The molecule has 6 nitrogen and oxygen atoms in total. The summed E-state index contributed by atoms with van der Waals surface area (Å²) in [5.74, 6) is 0.0860. The lowest BCUT2D eigenvalue weighted by molar-refractivity contribution is -0.117. The number of carbonyl (C=O) groups excluding carboxylic acids is 1. The van der Waals surface area contributed by atoms with Crippen LogP contribution in [-0.4, -0.2) is 25.2 Å². The Kier molecular flexibility index (Phi) is 6.99. The van der Waals surface area contributed by atoms with E-state index in [1.807, 2.05) is 54.6 Å². The van der Waals surface area contributed by atoms with Crippen molar-refractivity contribution in [3.63, 3.8) is 0 Å². The molecular weight excluding hydrogens is 414 g/mol. The van der Waals surface area contributed by atoms with Gasteiger partial charge in [0.2, 0.25) is 0 Å². The van der Waals surface area contributed by atoms with Crippen LogP contribution >= 0.6 is 0 Å². The van der Waals surface area contributed by atoms with Crippen LogP contribution in [0.25, 0.3) is 16.8 Å². The summed E-state index contributed by atoms with van der Waals surface area (Å²) in [6, 6.07) is 22.9. The van der Waals surface area contributed by atoms with Crippen molar-refractivity contribution >= 4 is 22.8 Å². The minimum Gasteiger partial charge on any atom is -0.488 e. The molecule has 4 rings (SSSR count). The fourth-order valence-electron chi connectivity index (χ4n) is 3.86. The molecule has 0 spiro atoms. The van der Waals surface area contributed by atoms with Gasteiger partial charge in [-0.1, -0.05) is 48.5 Å². The number of amides is 1. The Labute approximate surface area is 192 Å². The molecule has 1 saturated heterocycles. The molecule has 0 saturated carbocycles. The molecule has 1 N–H and O–H groups in total. The Hall–Kier alpha value is -4.13. The largest absolute Gasteiger partial charge is 0.488 e. The van der Waals surface area contributed by atoms with Gasteiger partial charge in [0.25, 0.3) is 5.91 Å². The topological polar surface area (TPSA) is 95.1 Å². The molecule has 1 aliphatic rings. The first-order chi connectivity index (χ1) is 16.2. The lowest BCUT2D eigenvalue weighted by Gasteiger charge is -2.14. The predicted molar refractivity (Wildman–Crippen MR) is 125 cm³/mol. The average molecular weight is 437 g/mol. The number of rotatable bonds is 7. The molecule has 1 heterocycles. The van der Waals surface area contributed by atoms with E-state index in [1.54, 1.807) is 18.2 Å². The standard InChI is InChI=1S/C27H23N3O3/c28-15-20-7-1-2-8-21(20)18-33-26-12-11-19-6-3-4-10-24(19)25(26)14-22(16-29)27(31)30-17-23-9-5-13-32-23/h1-4,6-8,10-12,14,23H,5,9,13,17-18H2,(H,30,31)/b22-14+/t23-/m1/s1. The summed E-state index contributed by atoms with van der Waals surface area (Å²) >= 11 is 0. The summed E-state index contributed by atoms with van der Waals surface area (Å²) in [6.07, 6.45) is 3.44. The first-order valence-electron chi connectivity index (χ1n) is 10.8. The lowest BCUT2D eigenvalue weighted by Crippen LogP contribution is -2.32. The Balaban J connectivity index is 1.64. The highest BCUT2D eigenvalue weighted by Crippen LogP contribution is 2.31. The highest BCUT2D eigenvalue weighted by atomic mass is 16.5. The molecule has 0 bridgehead atoms. The van der Waals surface area contributed by atoms with E-state index in [2.05, 4.69) is 11.4 Å². The lowest BCUT2D eigenvalue weighted by atomic mass is 10.0. The maximum Gasteiger partial charge on any atom is 0.262 e. The van der Waals surface area contributed by atoms with Crippen molar-refractivity contribution in [2.75, 3.05) is 13.2 Å². The fourth-order valence-corrected chi connectivity index (χ4v) is 3.86. The van der Waals surface area contributed by atoms with Crippen molar-refractivity contribution in [3.05, 3.63) is 82.9 Å². The van der Waals surface area contributed by atoms with Gasteiger partial charge in [-0.15, -0.1) is 0 Å². The number of fused-ring (bicyclic) bond motifs is 1. The molecule has 1 aliphatic heterocycles. The molecule has 1 fully saturated rings. The van der Waals surface area contributed by atoms with Gasteiger partial charge in [-0.2, -0.15) is 10.5 Å². The molecule has 164 valence electrons. The van der Waals surface area contributed by atoms with E-state index in [-0.39, 0.29) is 18.3 Å². The number of carbonyl (C=O) groups is 1. The summed E-state index contributed by atoms with van der Waals surface area (Å²) in [4.78, 5) is 12.7. The molecule has 0 radical (unpaired) electrons. The van der Waals surface area contributed by atoms with E-state index in [0.29, 0.717) is 30.0 Å². The van der Waals surface area contributed by atoms with Crippen LogP contribution in [0.4, 0.5) is 0 Å². The van der Waals surface area contributed by atoms with Crippen LogP contribution in [0.2, 0.25) is 0 Å². The van der Waals surface area contributed by atoms with Gasteiger partial charge < -0.3 is 14.8 Å². The monoisotopic (exact) mass is 437 g/mol. The third kappa shape index (κ3) is 5.20. The number of nitrogens with zero attached hydrogens (tertiary/aromatic N) is 2. The minimum atomic E-state index is -0.443. The summed E-state index contributed by atoms with van der Waals surface area (Å²) in [6.45, 7) is 1.27. The molecule has 0 unspecified atom stereocenters. The van der Waals surface area contributed by atoms with Gasteiger partial charge >= 0.3 is 0 Å². The summed E-state index contributed by atoms with van der Waals surface area (Å²) in [7, 11) is 0. The molecule has 3 aromatic rings. The number of ether oxygens (including phenoxy) is 2. The van der Waals surface area contributed by atoms with Crippen LogP contribution in [0.5, 0.6) is 5.75 Å². The molecule has 1 amide bonds. The highest BCUT2D eigenvalue weighted by molar-refractivity contribution is 6.05. The number of hydrogen-bond acceptors (Lipinski definition) is 5. The Bertz CT molecular complexity index is 1280. The second-order valence-corrected chi connectivity index (χ2v) is 7.77. The molecule has 0 aliphatic carbocycles. The van der Waals surface area contributed by atoms with Crippen molar-refractivity contribution in [3.8, 4) is 17.9 Å². The van der Waals surface area contributed by atoms with E-state index in [0.717, 1.165) is 29.2 Å². The third-order valence-corrected chi connectivity index (χ3v) is 5.62. The third-order valence-electron chi connectivity index (χ3n) is 5.62.